The number of hydrogen-bond donors (Lipinski definition) is 1. The summed E-state index contributed by atoms with van der Waals surface area (Å²) in [6, 6.07) is 7.03. The maximum absolute atomic E-state index is 14.4. The van der Waals surface area contributed by atoms with Gasteiger partial charge in [-0.1, -0.05) is 0 Å². The number of piperidine rings is 1. The minimum atomic E-state index is -4.63. The molecule has 12 heteroatoms. The summed E-state index contributed by atoms with van der Waals surface area (Å²) in [5.41, 5.74) is 0.387. The Morgan fingerprint density at radius 2 is 1.47 bits per heavy atom. The van der Waals surface area contributed by atoms with Crippen LogP contribution in [0, 0.1) is 5.82 Å². The molecule has 0 radical (unpaired) electrons. The second kappa shape index (κ2) is 10.3. The van der Waals surface area contributed by atoms with Crippen molar-refractivity contribution in [1.82, 2.24) is 4.90 Å². The number of rotatable bonds is 5. The highest BCUT2D eigenvalue weighted by Gasteiger charge is 2.32. The maximum Gasteiger partial charge on any atom is 0.416 e. The SMILES string of the molecule is NS(=O)(=O)c1ccc(N2CCCCC2)c(CC(=O)N2CCN(c3ccc(C(F)(F)F)cc3F)CC2)c1. The molecule has 0 aromatic heterocycles. The van der Waals surface area contributed by atoms with Crippen molar-refractivity contribution in [2.75, 3.05) is 49.1 Å². The van der Waals surface area contributed by atoms with Gasteiger partial charge in [-0.15, -0.1) is 0 Å². The molecule has 0 aliphatic carbocycles. The summed E-state index contributed by atoms with van der Waals surface area (Å²) in [6.07, 6.45) is -1.52. The maximum atomic E-state index is 14.4. The van der Waals surface area contributed by atoms with Crippen LogP contribution in [0.1, 0.15) is 30.4 Å². The smallest absolute Gasteiger partial charge is 0.371 e. The molecule has 2 heterocycles. The molecule has 0 saturated carbocycles. The van der Waals surface area contributed by atoms with E-state index in [1.165, 1.54) is 12.1 Å². The van der Waals surface area contributed by atoms with E-state index in [1.54, 1.807) is 15.9 Å². The Balaban J connectivity index is 1.46. The van der Waals surface area contributed by atoms with Crippen LogP contribution in [0.4, 0.5) is 28.9 Å². The van der Waals surface area contributed by atoms with E-state index in [1.807, 2.05) is 0 Å². The highest BCUT2D eigenvalue weighted by atomic mass is 32.2. The van der Waals surface area contributed by atoms with Crippen LogP contribution in [-0.2, 0) is 27.4 Å². The summed E-state index contributed by atoms with van der Waals surface area (Å²) in [6.45, 7) is 2.65. The quantitative estimate of drug-likeness (QED) is 0.602. The number of sulfonamides is 1. The number of primary sulfonamides is 1. The van der Waals surface area contributed by atoms with Crippen LogP contribution in [0.5, 0.6) is 0 Å². The second-order valence-corrected chi connectivity index (χ2v) is 10.7. The lowest BCUT2D eigenvalue weighted by molar-refractivity contribution is -0.137. The van der Waals surface area contributed by atoms with Gasteiger partial charge in [0.1, 0.15) is 5.82 Å². The van der Waals surface area contributed by atoms with Crippen LogP contribution in [0.2, 0.25) is 0 Å². The average molecular weight is 529 g/mol. The van der Waals surface area contributed by atoms with E-state index in [2.05, 4.69) is 4.90 Å². The van der Waals surface area contributed by atoms with Crippen molar-refractivity contribution in [3.05, 3.63) is 53.3 Å². The molecule has 0 bridgehead atoms. The Hall–Kier alpha value is -2.86. The lowest BCUT2D eigenvalue weighted by Crippen LogP contribution is -2.49. The van der Waals surface area contributed by atoms with E-state index >= 15 is 0 Å². The van der Waals surface area contributed by atoms with E-state index in [9.17, 15) is 30.8 Å². The number of alkyl halides is 3. The van der Waals surface area contributed by atoms with Crippen LogP contribution in [0.3, 0.4) is 0 Å². The van der Waals surface area contributed by atoms with E-state index in [-0.39, 0.29) is 49.1 Å². The van der Waals surface area contributed by atoms with Gasteiger partial charge in [-0.3, -0.25) is 4.79 Å². The third-order valence-corrected chi connectivity index (χ3v) is 7.58. The molecular formula is C24H28F4N4O3S. The van der Waals surface area contributed by atoms with Crippen LogP contribution in [-0.4, -0.2) is 58.5 Å². The number of hydrogen-bond acceptors (Lipinski definition) is 5. The number of carbonyl (C=O) groups excluding carboxylic acids is 1. The average Bonchev–Trinajstić information content (AvgIpc) is 2.83. The van der Waals surface area contributed by atoms with Crippen molar-refractivity contribution in [3.8, 4) is 0 Å². The predicted molar refractivity (Wildman–Crippen MR) is 128 cm³/mol. The summed E-state index contributed by atoms with van der Waals surface area (Å²) in [7, 11) is -3.94. The molecule has 0 spiro atoms. The molecule has 0 atom stereocenters. The molecule has 2 aliphatic rings. The van der Waals surface area contributed by atoms with Gasteiger partial charge < -0.3 is 14.7 Å². The van der Waals surface area contributed by atoms with Gasteiger partial charge in [0.05, 0.1) is 22.6 Å². The van der Waals surface area contributed by atoms with Crippen molar-refractivity contribution in [2.24, 2.45) is 5.14 Å². The molecule has 2 aromatic carbocycles. The molecule has 7 nitrogen and oxygen atoms in total. The van der Waals surface area contributed by atoms with Crippen molar-refractivity contribution < 1.29 is 30.8 Å². The topological polar surface area (TPSA) is 86.9 Å². The molecular weight excluding hydrogens is 500 g/mol. The zero-order valence-corrected chi connectivity index (χ0v) is 20.4. The highest BCUT2D eigenvalue weighted by Crippen LogP contribution is 2.33. The number of carbonyl (C=O) groups is 1. The fraction of sp³-hybridized carbons (Fsp3) is 0.458. The molecule has 36 heavy (non-hydrogen) atoms. The lowest BCUT2D eigenvalue weighted by Gasteiger charge is -2.37. The highest BCUT2D eigenvalue weighted by molar-refractivity contribution is 7.89. The normalized spacial score (nSPS) is 17.4. The summed E-state index contributed by atoms with van der Waals surface area (Å²) in [5.74, 6) is -1.18. The standard InChI is InChI=1S/C24H28F4N4O3S/c25-20-16-18(24(26,27)28)4-6-22(20)31-10-12-32(13-11-31)23(33)15-17-14-19(36(29,34)35)5-7-21(17)30-8-2-1-3-9-30/h4-7,14,16H,1-3,8-13,15H2,(H2,29,34,35). The zero-order valence-electron chi connectivity index (χ0n) is 19.6. The van der Waals surface area contributed by atoms with Gasteiger partial charge in [0, 0.05) is 45.0 Å². The minimum Gasteiger partial charge on any atom is -0.371 e. The number of anilines is 2. The fourth-order valence-corrected chi connectivity index (χ4v) is 5.30. The van der Waals surface area contributed by atoms with E-state index in [0.29, 0.717) is 11.6 Å². The third-order valence-electron chi connectivity index (χ3n) is 6.67. The van der Waals surface area contributed by atoms with Gasteiger partial charge in [-0.2, -0.15) is 13.2 Å². The minimum absolute atomic E-state index is 0.0240. The number of benzene rings is 2. The van der Waals surface area contributed by atoms with Crippen LogP contribution >= 0.6 is 0 Å². The number of piperazine rings is 1. The van der Waals surface area contributed by atoms with Gasteiger partial charge in [0.2, 0.25) is 15.9 Å². The molecule has 2 aromatic rings. The summed E-state index contributed by atoms with van der Waals surface area (Å²) < 4.78 is 76.7. The van der Waals surface area contributed by atoms with E-state index < -0.39 is 27.6 Å². The van der Waals surface area contributed by atoms with Crippen molar-refractivity contribution >= 4 is 27.3 Å². The largest absolute Gasteiger partial charge is 0.416 e. The third kappa shape index (κ3) is 5.92. The zero-order chi connectivity index (χ0) is 26.1. The Morgan fingerprint density at radius 3 is 2.06 bits per heavy atom. The summed E-state index contributed by atoms with van der Waals surface area (Å²) in [5, 5.41) is 5.31. The van der Waals surface area contributed by atoms with Crippen LogP contribution in [0.25, 0.3) is 0 Å². The monoisotopic (exact) mass is 528 g/mol. The predicted octanol–water partition coefficient (Wildman–Crippen LogP) is 3.37. The number of halogens is 4. The molecule has 0 unspecified atom stereocenters. The molecule has 2 fully saturated rings. The Bertz CT molecular complexity index is 1220. The molecule has 2 aliphatic heterocycles. The van der Waals surface area contributed by atoms with Crippen molar-refractivity contribution in [2.45, 2.75) is 36.8 Å². The Labute approximate surface area is 207 Å². The van der Waals surface area contributed by atoms with Gasteiger partial charge in [-0.05, 0) is 61.2 Å². The number of amides is 1. The Morgan fingerprint density at radius 1 is 0.861 bits per heavy atom. The van der Waals surface area contributed by atoms with Crippen molar-refractivity contribution in [3.63, 3.8) is 0 Å². The summed E-state index contributed by atoms with van der Waals surface area (Å²) >= 11 is 0. The van der Waals surface area contributed by atoms with Gasteiger partial charge in [-0.25, -0.2) is 17.9 Å². The molecule has 196 valence electrons. The van der Waals surface area contributed by atoms with Crippen molar-refractivity contribution in [1.29, 1.82) is 0 Å². The Kier molecular flexibility index (Phi) is 7.46. The number of nitrogens with zero attached hydrogens (tertiary/aromatic N) is 3. The summed E-state index contributed by atoms with van der Waals surface area (Å²) in [4.78, 5) is 18.4. The lowest BCUT2D eigenvalue weighted by atomic mass is 10.0. The first-order chi connectivity index (χ1) is 16.9. The van der Waals surface area contributed by atoms with Gasteiger partial charge >= 0.3 is 6.18 Å². The molecule has 1 amide bonds. The van der Waals surface area contributed by atoms with Gasteiger partial charge in [0.25, 0.3) is 0 Å². The van der Waals surface area contributed by atoms with E-state index in [0.717, 1.165) is 50.2 Å². The first-order valence-corrected chi connectivity index (χ1v) is 13.3. The van der Waals surface area contributed by atoms with Crippen LogP contribution < -0.4 is 14.9 Å². The second-order valence-electron chi connectivity index (χ2n) is 9.09. The molecule has 2 saturated heterocycles. The molecule has 4 rings (SSSR count). The number of nitrogens with two attached hydrogens (primary N) is 1. The fourth-order valence-electron chi connectivity index (χ4n) is 4.73. The first kappa shape index (κ1) is 26.2. The first-order valence-electron chi connectivity index (χ1n) is 11.7. The molecule has 2 N–H and O–H groups in total. The van der Waals surface area contributed by atoms with Gasteiger partial charge in [0.15, 0.2) is 0 Å². The van der Waals surface area contributed by atoms with E-state index in [4.69, 9.17) is 5.14 Å². The van der Waals surface area contributed by atoms with Crippen LogP contribution in [0.15, 0.2) is 41.3 Å².